The smallest absolute Gasteiger partial charge is 0.309 e. The molecule has 2 heteroatoms. The van der Waals surface area contributed by atoms with Crippen LogP contribution < -0.4 is 0 Å². The van der Waals surface area contributed by atoms with E-state index in [9.17, 15) is 4.79 Å². The maximum absolute atomic E-state index is 11.6. The number of carbonyl (C=O) groups is 1. The molecule has 2 atom stereocenters. The minimum absolute atomic E-state index is 0.0394. The van der Waals surface area contributed by atoms with E-state index in [-0.39, 0.29) is 17.3 Å². The number of carbonyl (C=O) groups excluding carboxylic acids is 1. The van der Waals surface area contributed by atoms with Crippen LogP contribution >= 0.6 is 0 Å². The predicted octanol–water partition coefficient (Wildman–Crippen LogP) is 3.65. The second kappa shape index (κ2) is 4.75. The van der Waals surface area contributed by atoms with Crippen LogP contribution in [0.15, 0.2) is 24.3 Å². The van der Waals surface area contributed by atoms with Crippen LogP contribution in [0.2, 0.25) is 0 Å². The Morgan fingerprint density at radius 1 is 1.28 bits per heavy atom. The maximum atomic E-state index is 11.6. The third-order valence-corrected chi connectivity index (χ3v) is 3.58. The minimum Gasteiger partial charge on any atom is -0.466 e. The molecule has 0 aliphatic heterocycles. The standard InChI is InChI=1S/C16H22O2/c1-5-18-15(17)14-10-13(14)11-6-8-12(9-7-11)16(2,3)4/h6-9,13-14H,5,10H2,1-4H3. The van der Waals surface area contributed by atoms with E-state index in [1.165, 1.54) is 11.1 Å². The zero-order valence-corrected chi connectivity index (χ0v) is 11.7. The predicted molar refractivity (Wildman–Crippen MR) is 72.6 cm³/mol. The average Bonchev–Trinajstić information content (AvgIpc) is 3.08. The van der Waals surface area contributed by atoms with E-state index in [0.717, 1.165) is 6.42 Å². The van der Waals surface area contributed by atoms with Crippen molar-refractivity contribution in [2.24, 2.45) is 5.92 Å². The fourth-order valence-corrected chi connectivity index (χ4v) is 2.30. The molecule has 0 radical (unpaired) electrons. The summed E-state index contributed by atoms with van der Waals surface area (Å²) in [6.45, 7) is 8.96. The molecule has 1 saturated carbocycles. The average molecular weight is 246 g/mol. The van der Waals surface area contributed by atoms with Crippen LogP contribution in [0.1, 0.15) is 51.2 Å². The second-order valence-electron chi connectivity index (χ2n) is 6.07. The number of ether oxygens (including phenoxy) is 1. The molecular weight excluding hydrogens is 224 g/mol. The fraction of sp³-hybridized carbons (Fsp3) is 0.562. The van der Waals surface area contributed by atoms with Crippen LogP contribution in [-0.2, 0) is 14.9 Å². The summed E-state index contributed by atoms with van der Waals surface area (Å²) in [6, 6.07) is 8.67. The molecule has 1 aromatic rings. The number of rotatable bonds is 3. The number of hydrogen-bond donors (Lipinski definition) is 0. The Balaban J connectivity index is 2.03. The van der Waals surface area contributed by atoms with Crippen molar-refractivity contribution in [1.82, 2.24) is 0 Å². The summed E-state index contributed by atoms with van der Waals surface area (Å²) in [5.41, 5.74) is 2.78. The van der Waals surface area contributed by atoms with E-state index in [2.05, 4.69) is 45.0 Å². The van der Waals surface area contributed by atoms with Crippen molar-refractivity contribution in [1.29, 1.82) is 0 Å². The van der Waals surface area contributed by atoms with Crippen molar-refractivity contribution in [3.63, 3.8) is 0 Å². The van der Waals surface area contributed by atoms with Crippen LogP contribution in [0.25, 0.3) is 0 Å². The van der Waals surface area contributed by atoms with Crippen molar-refractivity contribution in [2.75, 3.05) is 6.61 Å². The molecule has 0 spiro atoms. The first-order chi connectivity index (χ1) is 8.43. The van der Waals surface area contributed by atoms with E-state index < -0.39 is 0 Å². The molecule has 1 aromatic carbocycles. The van der Waals surface area contributed by atoms with Gasteiger partial charge >= 0.3 is 5.97 Å². The lowest BCUT2D eigenvalue weighted by atomic mass is 9.86. The number of benzene rings is 1. The molecule has 0 saturated heterocycles. The molecular formula is C16H22O2. The first kappa shape index (κ1) is 13.1. The molecule has 0 aromatic heterocycles. The molecule has 1 fully saturated rings. The molecule has 0 N–H and O–H groups in total. The highest BCUT2D eigenvalue weighted by Gasteiger charge is 2.45. The topological polar surface area (TPSA) is 26.3 Å². The van der Waals surface area contributed by atoms with Crippen molar-refractivity contribution in [2.45, 2.75) is 45.4 Å². The van der Waals surface area contributed by atoms with Gasteiger partial charge in [0.25, 0.3) is 0 Å². The van der Waals surface area contributed by atoms with Gasteiger partial charge in [-0.1, -0.05) is 45.0 Å². The fourth-order valence-electron chi connectivity index (χ4n) is 2.30. The van der Waals surface area contributed by atoms with Gasteiger partial charge in [0.1, 0.15) is 0 Å². The Kier molecular flexibility index (Phi) is 3.47. The number of hydrogen-bond acceptors (Lipinski definition) is 2. The highest BCUT2D eigenvalue weighted by atomic mass is 16.5. The van der Waals surface area contributed by atoms with E-state index in [4.69, 9.17) is 4.74 Å². The van der Waals surface area contributed by atoms with Crippen molar-refractivity contribution >= 4 is 5.97 Å². The lowest BCUT2D eigenvalue weighted by Gasteiger charge is -2.19. The normalized spacial score (nSPS) is 22.7. The van der Waals surface area contributed by atoms with Gasteiger partial charge in [-0.05, 0) is 35.8 Å². The third kappa shape index (κ3) is 2.74. The molecule has 18 heavy (non-hydrogen) atoms. The Morgan fingerprint density at radius 3 is 2.39 bits per heavy atom. The number of esters is 1. The molecule has 0 amide bonds. The summed E-state index contributed by atoms with van der Waals surface area (Å²) < 4.78 is 5.06. The first-order valence-corrected chi connectivity index (χ1v) is 6.70. The summed E-state index contributed by atoms with van der Waals surface area (Å²) >= 11 is 0. The Morgan fingerprint density at radius 2 is 1.89 bits per heavy atom. The van der Waals surface area contributed by atoms with E-state index in [0.29, 0.717) is 12.5 Å². The van der Waals surface area contributed by atoms with Crippen LogP contribution in [0.3, 0.4) is 0 Å². The van der Waals surface area contributed by atoms with E-state index in [1.54, 1.807) is 0 Å². The highest BCUT2D eigenvalue weighted by Crippen LogP contribution is 2.48. The van der Waals surface area contributed by atoms with Crippen molar-refractivity contribution in [3.8, 4) is 0 Å². The van der Waals surface area contributed by atoms with Crippen molar-refractivity contribution < 1.29 is 9.53 Å². The van der Waals surface area contributed by atoms with E-state index in [1.807, 2.05) is 6.92 Å². The van der Waals surface area contributed by atoms with Crippen LogP contribution in [0.5, 0.6) is 0 Å². The van der Waals surface area contributed by atoms with Crippen LogP contribution in [-0.4, -0.2) is 12.6 Å². The maximum Gasteiger partial charge on any atom is 0.309 e. The summed E-state index contributed by atoms with van der Waals surface area (Å²) in [4.78, 5) is 11.6. The zero-order valence-electron chi connectivity index (χ0n) is 11.7. The summed E-state index contributed by atoms with van der Waals surface area (Å²) in [6.07, 6.45) is 0.938. The van der Waals surface area contributed by atoms with Crippen LogP contribution in [0.4, 0.5) is 0 Å². The highest BCUT2D eigenvalue weighted by molar-refractivity contribution is 5.77. The van der Waals surface area contributed by atoms with Gasteiger partial charge in [-0.3, -0.25) is 4.79 Å². The Bertz CT molecular complexity index is 425. The van der Waals surface area contributed by atoms with Gasteiger partial charge in [0.15, 0.2) is 0 Å². The van der Waals surface area contributed by atoms with Gasteiger partial charge in [0, 0.05) is 0 Å². The summed E-state index contributed by atoms with van der Waals surface area (Å²) in [5, 5.41) is 0. The Hall–Kier alpha value is -1.31. The van der Waals surface area contributed by atoms with Gasteiger partial charge < -0.3 is 4.74 Å². The molecule has 2 nitrogen and oxygen atoms in total. The zero-order chi connectivity index (χ0) is 13.3. The lowest BCUT2D eigenvalue weighted by molar-refractivity contribution is -0.144. The molecule has 98 valence electrons. The summed E-state index contributed by atoms with van der Waals surface area (Å²) in [7, 11) is 0. The quantitative estimate of drug-likeness (QED) is 0.761. The minimum atomic E-state index is -0.0394. The van der Waals surface area contributed by atoms with Gasteiger partial charge in [0.2, 0.25) is 0 Å². The Labute approximate surface area is 109 Å². The van der Waals surface area contributed by atoms with Gasteiger partial charge in [-0.2, -0.15) is 0 Å². The van der Waals surface area contributed by atoms with Gasteiger partial charge in [-0.15, -0.1) is 0 Å². The monoisotopic (exact) mass is 246 g/mol. The van der Waals surface area contributed by atoms with Crippen molar-refractivity contribution in [3.05, 3.63) is 35.4 Å². The van der Waals surface area contributed by atoms with Crippen LogP contribution in [0, 0.1) is 5.92 Å². The molecule has 1 aliphatic carbocycles. The first-order valence-electron chi connectivity index (χ1n) is 6.70. The molecule has 2 rings (SSSR count). The largest absolute Gasteiger partial charge is 0.466 e. The lowest BCUT2D eigenvalue weighted by Crippen LogP contribution is -2.11. The summed E-state index contributed by atoms with van der Waals surface area (Å²) in [5.74, 6) is 0.422. The SMILES string of the molecule is CCOC(=O)C1CC1c1ccc(C(C)(C)C)cc1. The second-order valence-corrected chi connectivity index (χ2v) is 6.07. The molecule has 0 heterocycles. The molecule has 2 unspecified atom stereocenters. The van der Waals surface area contributed by atoms with Gasteiger partial charge in [-0.25, -0.2) is 0 Å². The molecule has 0 bridgehead atoms. The van der Waals surface area contributed by atoms with Gasteiger partial charge in [0.05, 0.1) is 12.5 Å². The van der Waals surface area contributed by atoms with E-state index >= 15 is 0 Å². The molecule has 1 aliphatic rings. The third-order valence-electron chi connectivity index (χ3n) is 3.58.